The van der Waals surface area contributed by atoms with E-state index in [1.54, 1.807) is 0 Å². The van der Waals surface area contributed by atoms with Crippen LogP contribution in [-0.4, -0.2) is 39.4 Å². The molecule has 0 unspecified atom stereocenters. The second kappa shape index (κ2) is 8.76. The first-order valence-electron chi connectivity index (χ1n) is 9.69. The third-order valence-electron chi connectivity index (χ3n) is 5.36. The van der Waals surface area contributed by atoms with Gasteiger partial charge in [-0.25, -0.2) is 0 Å². The summed E-state index contributed by atoms with van der Waals surface area (Å²) in [6.07, 6.45) is -0.573. The smallest absolute Gasteiger partial charge is 0.0958 e. The molecule has 0 saturated carbocycles. The van der Waals surface area contributed by atoms with Gasteiger partial charge in [0, 0.05) is 10.3 Å². The van der Waals surface area contributed by atoms with Gasteiger partial charge in [0.25, 0.3) is 0 Å². The van der Waals surface area contributed by atoms with Gasteiger partial charge in [-0.05, 0) is 46.6 Å². The van der Waals surface area contributed by atoms with Crippen LogP contribution in [0.25, 0.3) is 0 Å². The molecule has 3 nitrogen and oxygen atoms in total. The fourth-order valence-electron chi connectivity index (χ4n) is 3.60. The Hall–Kier alpha value is -1.04. The van der Waals surface area contributed by atoms with Gasteiger partial charge in [0.1, 0.15) is 0 Å². The number of rotatable bonds is 4. The van der Waals surface area contributed by atoms with Crippen LogP contribution in [0.4, 0.5) is 0 Å². The lowest BCUT2D eigenvalue weighted by atomic mass is 9.86. The van der Waals surface area contributed by atoms with Crippen molar-refractivity contribution in [2.24, 2.45) is 0 Å². The predicted octanol–water partition coefficient (Wildman–Crippen LogP) is 4.49. The molecular weight excluding hydrogens is 392 g/mol. The maximum absolute atomic E-state index is 10.5. The van der Waals surface area contributed by atoms with Gasteiger partial charge in [-0.15, -0.1) is 11.8 Å². The Kier molecular flexibility index (Phi) is 6.78. The zero-order valence-corrected chi connectivity index (χ0v) is 18.2. The molecule has 1 heterocycles. The summed E-state index contributed by atoms with van der Waals surface area (Å²) in [6.45, 7) is 6.59. The van der Waals surface area contributed by atoms with E-state index >= 15 is 0 Å². The molecule has 1 aliphatic rings. The van der Waals surface area contributed by atoms with Crippen LogP contribution in [0.2, 0.25) is 5.02 Å². The van der Waals surface area contributed by atoms with Crippen LogP contribution in [0.3, 0.4) is 0 Å². The zero-order valence-electron chi connectivity index (χ0n) is 16.6. The summed E-state index contributed by atoms with van der Waals surface area (Å²) in [7, 11) is 0. The normalized spacial score (nSPS) is 25.7. The average Bonchev–Trinajstić information content (AvgIpc) is 2.65. The Labute approximate surface area is 176 Å². The predicted molar refractivity (Wildman–Crippen MR) is 117 cm³/mol. The Bertz CT molecular complexity index is 800. The summed E-state index contributed by atoms with van der Waals surface area (Å²) in [4.78, 5) is 0. The Morgan fingerprint density at radius 1 is 1.07 bits per heavy atom. The molecule has 0 aromatic heterocycles. The molecule has 3 rings (SSSR count). The molecule has 1 saturated heterocycles. The third-order valence-corrected chi connectivity index (χ3v) is 7.30. The van der Waals surface area contributed by atoms with Gasteiger partial charge in [0.2, 0.25) is 0 Å². The second-order valence-electron chi connectivity index (χ2n) is 8.63. The Morgan fingerprint density at radius 3 is 2.36 bits per heavy atom. The number of thioether (sulfide) groups is 1. The van der Waals surface area contributed by atoms with E-state index in [9.17, 15) is 15.3 Å². The van der Waals surface area contributed by atoms with Crippen molar-refractivity contribution < 1.29 is 15.3 Å². The molecule has 0 bridgehead atoms. The molecule has 1 aliphatic heterocycles. The van der Waals surface area contributed by atoms with E-state index in [1.165, 1.54) is 22.9 Å². The van der Waals surface area contributed by atoms with E-state index in [4.69, 9.17) is 11.6 Å². The fourth-order valence-corrected chi connectivity index (χ4v) is 5.24. The van der Waals surface area contributed by atoms with Crippen LogP contribution in [0, 0.1) is 0 Å². The fraction of sp³-hybridized carbons (Fsp3) is 0.478. The van der Waals surface area contributed by atoms with Crippen molar-refractivity contribution in [3.63, 3.8) is 0 Å². The summed E-state index contributed by atoms with van der Waals surface area (Å²) in [5.74, 6) is 0. The molecule has 5 heteroatoms. The molecule has 3 N–H and O–H groups in total. The second-order valence-corrected chi connectivity index (χ2v) is 10.5. The van der Waals surface area contributed by atoms with Crippen molar-refractivity contribution in [1.82, 2.24) is 0 Å². The van der Waals surface area contributed by atoms with E-state index in [2.05, 4.69) is 45.0 Å². The van der Waals surface area contributed by atoms with Crippen molar-refractivity contribution in [1.29, 1.82) is 0 Å². The van der Waals surface area contributed by atoms with Crippen LogP contribution < -0.4 is 0 Å². The standard InChI is InChI=1S/C23H29ClO3S/c1-23(2,3)17-7-4-14(5-8-17)10-16-11-15(6-9-19(16)24)22-21(27)20(26)12-18(13-25)28-22/h4-9,11,18,20-22,25-27H,10,12-13H2,1-3H3/t18-,20-,21+,22-/m0/s1. The first-order valence-corrected chi connectivity index (χ1v) is 11.0. The summed E-state index contributed by atoms with van der Waals surface area (Å²) < 4.78 is 0. The molecule has 0 spiro atoms. The van der Waals surface area contributed by atoms with E-state index in [1.807, 2.05) is 18.2 Å². The van der Waals surface area contributed by atoms with Gasteiger partial charge in [-0.3, -0.25) is 0 Å². The van der Waals surface area contributed by atoms with Crippen LogP contribution >= 0.6 is 23.4 Å². The van der Waals surface area contributed by atoms with E-state index in [-0.39, 0.29) is 22.5 Å². The zero-order chi connectivity index (χ0) is 20.5. The third kappa shape index (κ3) is 4.92. The minimum Gasteiger partial charge on any atom is -0.395 e. The molecule has 2 aromatic carbocycles. The van der Waals surface area contributed by atoms with Crippen molar-refractivity contribution in [3.8, 4) is 0 Å². The Morgan fingerprint density at radius 2 is 1.75 bits per heavy atom. The highest BCUT2D eigenvalue weighted by molar-refractivity contribution is 8.00. The summed E-state index contributed by atoms with van der Waals surface area (Å²) >= 11 is 7.97. The first-order chi connectivity index (χ1) is 13.2. The topological polar surface area (TPSA) is 60.7 Å². The maximum Gasteiger partial charge on any atom is 0.0958 e. The van der Waals surface area contributed by atoms with Gasteiger partial charge in [-0.1, -0.05) is 68.8 Å². The molecule has 0 amide bonds. The van der Waals surface area contributed by atoms with Gasteiger partial charge in [-0.2, -0.15) is 0 Å². The van der Waals surface area contributed by atoms with Crippen LogP contribution in [-0.2, 0) is 11.8 Å². The van der Waals surface area contributed by atoms with E-state index < -0.39 is 12.2 Å². The number of aliphatic hydroxyl groups excluding tert-OH is 3. The molecule has 4 atom stereocenters. The lowest BCUT2D eigenvalue weighted by molar-refractivity contribution is 0.00526. The van der Waals surface area contributed by atoms with Gasteiger partial charge >= 0.3 is 0 Å². The van der Waals surface area contributed by atoms with Crippen molar-refractivity contribution in [2.45, 2.75) is 61.7 Å². The summed E-state index contributed by atoms with van der Waals surface area (Å²) in [5.41, 5.74) is 4.52. The quantitative estimate of drug-likeness (QED) is 0.682. The molecule has 28 heavy (non-hydrogen) atoms. The summed E-state index contributed by atoms with van der Waals surface area (Å²) in [5, 5.41) is 30.5. The minimum absolute atomic E-state index is 0.00841. The SMILES string of the molecule is CC(C)(C)c1ccc(Cc2cc([C@@H]3S[C@H](CO)C[C@H](O)[C@H]3O)ccc2Cl)cc1. The number of hydrogen-bond donors (Lipinski definition) is 3. The summed E-state index contributed by atoms with van der Waals surface area (Å²) in [6, 6.07) is 14.4. The van der Waals surface area contributed by atoms with Gasteiger partial charge in [0.05, 0.1) is 24.1 Å². The number of halogens is 1. The van der Waals surface area contributed by atoms with Crippen LogP contribution in [0.15, 0.2) is 42.5 Å². The molecular formula is C23H29ClO3S. The highest BCUT2D eigenvalue weighted by Crippen LogP contribution is 2.43. The number of aliphatic hydroxyl groups is 3. The monoisotopic (exact) mass is 420 g/mol. The highest BCUT2D eigenvalue weighted by atomic mass is 35.5. The van der Waals surface area contributed by atoms with Gasteiger partial charge < -0.3 is 15.3 Å². The first kappa shape index (κ1) is 21.7. The minimum atomic E-state index is -0.854. The maximum atomic E-state index is 10.5. The largest absolute Gasteiger partial charge is 0.395 e. The Balaban J connectivity index is 1.83. The molecule has 152 valence electrons. The van der Waals surface area contributed by atoms with E-state index in [0.717, 1.165) is 11.1 Å². The van der Waals surface area contributed by atoms with E-state index in [0.29, 0.717) is 17.9 Å². The van der Waals surface area contributed by atoms with Crippen LogP contribution in [0.5, 0.6) is 0 Å². The van der Waals surface area contributed by atoms with Crippen molar-refractivity contribution >= 4 is 23.4 Å². The molecule has 0 aliphatic carbocycles. The van der Waals surface area contributed by atoms with Gasteiger partial charge in [0.15, 0.2) is 0 Å². The average molecular weight is 421 g/mol. The van der Waals surface area contributed by atoms with Crippen molar-refractivity contribution in [2.75, 3.05) is 6.61 Å². The number of hydrogen-bond acceptors (Lipinski definition) is 4. The molecule has 1 fully saturated rings. The van der Waals surface area contributed by atoms with Crippen molar-refractivity contribution in [3.05, 3.63) is 69.7 Å². The lowest BCUT2D eigenvalue weighted by Gasteiger charge is -2.36. The number of benzene rings is 2. The lowest BCUT2D eigenvalue weighted by Crippen LogP contribution is -2.39. The molecule has 2 aromatic rings. The van der Waals surface area contributed by atoms with Crippen LogP contribution in [0.1, 0.15) is 54.7 Å². The molecule has 0 radical (unpaired) electrons. The highest BCUT2D eigenvalue weighted by Gasteiger charge is 2.37.